The molecule has 42 heavy (non-hydrogen) atoms. The van der Waals surface area contributed by atoms with Crippen molar-refractivity contribution < 1.29 is 23.4 Å². The molecule has 0 spiro atoms. The second-order valence-corrected chi connectivity index (χ2v) is 11.4. The number of hydrogen-bond donors (Lipinski definition) is 3. The van der Waals surface area contributed by atoms with Gasteiger partial charge in [-0.3, -0.25) is 9.69 Å². The van der Waals surface area contributed by atoms with E-state index >= 15 is 0 Å². The van der Waals surface area contributed by atoms with Gasteiger partial charge in [0.15, 0.2) is 0 Å². The minimum absolute atomic E-state index is 0.0692. The highest BCUT2D eigenvalue weighted by atomic mass is 19.1. The first kappa shape index (κ1) is 31.8. The topological polar surface area (TPSA) is 73.8 Å². The monoisotopic (exact) mass is 579 g/mol. The van der Waals surface area contributed by atoms with Gasteiger partial charge in [-0.05, 0) is 85.7 Å². The van der Waals surface area contributed by atoms with Gasteiger partial charge < -0.3 is 20.5 Å². The van der Waals surface area contributed by atoms with Gasteiger partial charge in [0.2, 0.25) is 0 Å². The lowest BCUT2D eigenvalue weighted by molar-refractivity contribution is 0.0829. The third kappa shape index (κ3) is 9.16. The van der Waals surface area contributed by atoms with Crippen molar-refractivity contribution in [2.45, 2.75) is 70.8 Å². The number of carbonyl (C=O) groups excluding carboxylic acids is 1. The number of methoxy groups -OCH3 is 1. The van der Waals surface area contributed by atoms with Crippen LogP contribution in [0.4, 0.5) is 8.78 Å². The number of nitrogens with one attached hydrogen (secondary N) is 2. The first-order valence-electron chi connectivity index (χ1n) is 14.8. The molecule has 1 heterocycles. The lowest BCUT2D eigenvalue weighted by Gasteiger charge is -2.26. The van der Waals surface area contributed by atoms with Gasteiger partial charge in [0, 0.05) is 44.4 Å². The number of aliphatic hydroxyl groups is 1. The number of halogens is 2. The van der Waals surface area contributed by atoms with E-state index in [2.05, 4.69) is 40.7 Å². The van der Waals surface area contributed by atoms with Crippen LogP contribution in [0.5, 0.6) is 0 Å². The van der Waals surface area contributed by atoms with Gasteiger partial charge in [0.25, 0.3) is 5.91 Å². The molecule has 3 aromatic rings. The van der Waals surface area contributed by atoms with Gasteiger partial charge in [0.05, 0.1) is 18.8 Å². The first-order chi connectivity index (χ1) is 20.2. The molecule has 226 valence electrons. The molecule has 0 radical (unpaired) electrons. The number of hydrogen-bond acceptors (Lipinski definition) is 5. The van der Waals surface area contributed by atoms with Crippen molar-refractivity contribution in [3.8, 4) is 0 Å². The minimum atomic E-state index is -1.00. The van der Waals surface area contributed by atoms with Crippen LogP contribution in [0, 0.1) is 18.6 Å². The molecule has 1 saturated heterocycles. The van der Waals surface area contributed by atoms with Crippen molar-refractivity contribution in [1.82, 2.24) is 15.5 Å². The van der Waals surface area contributed by atoms with Crippen LogP contribution in [0.1, 0.15) is 57.9 Å². The van der Waals surface area contributed by atoms with Crippen molar-refractivity contribution in [2.24, 2.45) is 0 Å². The summed E-state index contributed by atoms with van der Waals surface area (Å²) in [6.45, 7) is 7.16. The van der Waals surface area contributed by atoms with Gasteiger partial charge in [-0.25, -0.2) is 8.78 Å². The predicted octanol–water partition coefficient (Wildman–Crippen LogP) is 4.94. The highest BCUT2D eigenvalue weighted by Crippen LogP contribution is 2.22. The van der Waals surface area contributed by atoms with E-state index in [1.807, 2.05) is 31.2 Å². The predicted molar refractivity (Wildman–Crippen MR) is 161 cm³/mol. The fraction of sp³-hybridized carbons (Fsp3) is 0.441. The second kappa shape index (κ2) is 15.3. The summed E-state index contributed by atoms with van der Waals surface area (Å²) in [5.41, 5.74) is 5.15. The first-order valence-corrected chi connectivity index (χ1v) is 14.8. The molecular formula is C34H43F2N3O3. The standard InChI is InChI=1S/C34H43F2N3O3/c1-4-24-7-5-8-25(13-24)19-37-20-33(40)32(17-26-15-29(35)18-30(36)16-26)38-34(41)28-12-23(2)11-27(14-28)21-39-10-6-9-31(39)22-42-3/h5,7-8,11-16,18,31-33,37,40H,4,6,9-10,17,19-22H2,1-3H3,(H,38,41)/t31-,32+,33+/m1/s1. The number of carbonyl (C=O) groups is 1. The van der Waals surface area contributed by atoms with Gasteiger partial charge in [0.1, 0.15) is 11.6 Å². The Morgan fingerprint density at radius 2 is 1.81 bits per heavy atom. The average molecular weight is 580 g/mol. The SMILES string of the molecule is CCc1cccc(CNC[C@H](O)[C@H](Cc2cc(F)cc(F)c2)NC(=O)c2cc(C)cc(CN3CCC[C@@H]3COC)c2)c1. The zero-order chi connectivity index (χ0) is 30.1. The summed E-state index contributed by atoms with van der Waals surface area (Å²) in [6, 6.07) is 16.8. The van der Waals surface area contributed by atoms with Crippen LogP contribution in [0.3, 0.4) is 0 Å². The van der Waals surface area contributed by atoms with E-state index in [9.17, 15) is 18.7 Å². The molecule has 0 saturated carbocycles. The summed E-state index contributed by atoms with van der Waals surface area (Å²) in [4.78, 5) is 15.9. The minimum Gasteiger partial charge on any atom is -0.390 e. The normalized spacial score (nSPS) is 16.9. The molecule has 8 heteroatoms. The molecule has 0 aliphatic carbocycles. The van der Waals surface area contributed by atoms with Gasteiger partial charge in [-0.15, -0.1) is 0 Å². The van der Waals surface area contributed by atoms with E-state index < -0.39 is 23.8 Å². The molecule has 6 nitrogen and oxygen atoms in total. The summed E-state index contributed by atoms with van der Waals surface area (Å²) < 4.78 is 33.3. The maximum Gasteiger partial charge on any atom is 0.251 e. The van der Waals surface area contributed by atoms with Crippen LogP contribution < -0.4 is 10.6 Å². The Morgan fingerprint density at radius 1 is 1.05 bits per heavy atom. The largest absolute Gasteiger partial charge is 0.390 e. The van der Waals surface area contributed by atoms with Crippen LogP contribution in [-0.2, 0) is 30.7 Å². The molecule has 0 aromatic heterocycles. The van der Waals surface area contributed by atoms with Crippen molar-refractivity contribution in [3.05, 3.63) is 106 Å². The van der Waals surface area contributed by atoms with Crippen molar-refractivity contribution in [3.63, 3.8) is 0 Å². The van der Waals surface area contributed by atoms with Crippen LogP contribution >= 0.6 is 0 Å². The maximum atomic E-state index is 14.0. The van der Waals surface area contributed by atoms with Gasteiger partial charge >= 0.3 is 0 Å². The number of benzene rings is 3. The van der Waals surface area contributed by atoms with Crippen molar-refractivity contribution in [1.29, 1.82) is 0 Å². The Bertz CT molecular complexity index is 1310. The summed E-state index contributed by atoms with van der Waals surface area (Å²) in [7, 11) is 1.72. The molecule has 1 amide bonds. The molecule has 1 fully saturated rings. The Kier molecular flexibility index (Phi) is 11.6. The van der Waals surface area contributed by atoms with Crippen molar-refractivity contribution >= 4 is 5.91 Å². The van der Waals surface area contributed by atoms with Gasteiger partial charge in [-0.1, -0.05) is 42.8 Å². The quantitative estimate of drug-likeness (QED) is 0.252. The third-order valence-corrected chi connectivity index (χ3v) is 7.88. The number of nitrogens with zero attached hydrogens (tertiary/aromatic N) is 1. The fourth-order valence-corrected chi connectivity index (χ4v) is 5.79. The average Bonchev–Trinajstić information content (AvgIpc) is 3.38. The molecule has 3 aromatic carbocycles. The number of aryl methyl sites for hydroxylation is 2. The second-order valence-electron chi connectivity index (χ2n) is 11.4. The summed E-state index contributed by atoms with van der Waals surface area (Å²) in [5, 5.41) is 17.4. The number of rotatable bonds is 14. The van der Waals surface area contributed by atoms with Crippen LogP contribution in [0.2, 0.25) is 0 Å². The van der Waals surface area contributed by atoms with E-state index in [4.69, 9.17) is 4.74 Å². The Hall–Kier alpha value is -3.17. The fourth-order valence-electron chi connectivity index (χ4n) is 5.79. The third-order valence-electron chi connectivity index (χ3n) is 7.88. The maximum absolute atomic E-state index is 14.0. The van der Waals surface area contributed by atoms with E-state index in [0.29, 0.717) is 36.9 Å². The zero-order valence-electron chi connectivity index (χ0n) is 24.8. The lowest BCUT2D eigenvalue weighted by Crippen LogP contribution is -2.48. The molecular weight excluding hydrogens is 536 g/mol. The lowest BCUT2D eigenvalue weighted by atomic mass is 9.99. The molecule has 4 rings (SSSR count). The summed E-state index contributed by atoms with van der Waals surface area (Å²) >= 11 is 0. The smallest absolute Gasteiger partial charge is 0.251 e. The zero-order valence-corrected chi connectivity index (χ0v) is 24.8. The van der Waals surface area contributed by atoms with E-state index in [0.717, 1.165) is 48.6 Å². The number of aliphatic hydroxyl groups excluding tert-OH is 1. The summed E-state index contributed by atoms with van der Waals surface area (Å²) in [5.74, 6) is -1.74. The molecule has 3 N–H and O–H groups in total. The van der Waals surface area contributed by atoms with Gasteiger partial charge in [-0.2, -0.15) is 0 Å². The molecule has 1 aliphatic heterocycles. The summed E-state index contributed by atoms with van der Waals surface area (Å²) in [6.07, 6.45) is 2.20. The molecule has 3 atom stereocenters. The molecule has 0 bridgehead atoms. The molecule has 0 unspecified atom stereocenters. The van der Waals surface area contributed by atoms with Crippen LogP contribution in [-0.4, -0.2) is 60.9 Å². The Morgan fingerprint density at radius 3 is 2.55 bits per heavy atom. The van der Waals surface area contributed by atoms with Crippen molar-refractivity contribution in [2.75, 3.05) is 26.8 Å². The Balaban J connectivity index is 1.47. The Labute approximate surface area is 248 Å². The van der Waals surface area contributed by atoms with E-state index in [1.54, 1.807) is 7.11 Å². The highest BCUT2D eigenvalue weighted by molar-refractivity contribution is 5.94. The van der Waals surface area contributed by atoms with E-state index in [-0.39, 0.29) is 18.9 Å². The molecule has 1 aliphatic rings. The highest BCUT2D eigenvalue weighted by Gasteiger charge is 2.26. The van der Waals surface area contributed by atoms with E-state index in [1.165, 1.54) is 17.7 Å². The number of likely N-dealkylation sites (tertiary alicyclic amines) is 1. The number of amides is 1. The van der Waals surface area contributed by atoms with Crippen LogP contribution in [0.15, 0.2) is 60.7 Å². The number of ether oxygens (including phenoxy) is 1. The van der Waals surface area contributed by atoms with Crippen LogP contribution in [0.25, 0.3) is 0 Å².